The molecule has 1 aliphatic rings. The number of halogens is 1. The van der Waals surface area contributed by atoms with E-state index < -0.39 is 0 Å². The Morgan fingerprint density at radius 1 is 1.35 bits per heavy atom. The van der Waals surface area contributed by atoms with Gasteiger partial charge < -0.3 is 10.8 Å². The number of nitrogens with two attached hydrogens (primary N) is 1. The van der Waals surface area contributed by atoms with Crippen LogP contribution in [0.25, 0.3) is 0 Å². The minimum absolute atomic E-state index is 0. The summed E-state index contributed by atoms with van der Waals surface area (Å²) in [6, 6.07) is 2.22. The van der Waals surface area contributed by atoms with Crippen molar-refractivity contribution in [1.82, 2.24) is 0 Å². The number of phenols is 1. The van der Waals surface area contributed by atoms with Crippen LogP contribution >= 0.6 is 12.4 Å². The van der Waals surface area contributed by atoms with E-state index in [1.165, 1.54) is 11.1 Å². The van der Waals surface area contributed by atoms with Crippen LogP contribution in [0.5, 0.6) is 5.75 Å². The molecule has 0 fully saturated rings. The van der Waals surface area contributed by atoms with Crippen LogP contribution in [-0.2, 0) is 19.3 Å². The molecule has 3 heteroatoms. The van der Waals surface area contributed by atoms with E-state index in [2.05, 4.69) is 19.9 Å². The largest absolute Gasteiger partial charge is 0.507 e. The molecule has 0 aliphatic heterocycles. The summed E-state index contributed by atoms with van der Waals surface area (Å²) < 4.78 is 0. The Kier molecular flexibility index (Phi) is 4.84. The van der Waals surface area contributed by atoms with Gasteiger partial charge in [-0.15, -0.1) is 12.4 Å². The van der Waals surface area contributed by atoms with E-state index in [0.717, 1.165) is 43.2 Å². The summed E-state index contributed by atoms with van der Waals surface area (Å²) in [6.07, 6.45) is 5.04. The Balaban J connectivity index is 0.00000144. The summed E-state index contributed by atoms with van der Waals surface area (Å²) >= 11 is 0. The first-order valence-electron chi connectivity index (χ1n) is 6.31. The SMILES string of the molecule is CCCc1cc(CC)c2c(c1O)C(N)CC2.Cl. The van der Waals surface area contributed by atoms with E-state index in [1.807, 2.05) is 0 Å². The lowest BCUT2D eigenvalue weighted by molar-refractivity contribution is 0.456. The Hall–Kier alpha value is -0.730. The quantitative estimate of drug-likeness (QED) is 0.871. The van der Waals surface area contributed by atoms with Gasteiger partial charge in [-0.2, -0.15) is 0 Å². The molecule has 0 bridgehead atoms. The fraction of sp³-hybridized carbons (Fsp3) is 0.571. The van der Waals surface area contributed by atoms with Crippen molar-refractivity contribution in [2.24, 2.45) is 5.73 Å². The lowest BCUT2D eigenvalue weighted by Gasteiger charge is -2.15. The molecule has 0 saturated carbocycles. The third-order valence-corrected chi connectivity index (χ3v) is 3.60. The first-order valence-corrected chi connectivity index (χ1v) is 6.31. The lowest BCUT2D eigenvalue weighted by atomic mass is 9.94. The first-order chi connectivity index (χ1) is 7.69. The van der Waals surface area contributed by atoms with Crippen molar-refractivity contribution in [3.05, 3.63) is 28.3 Å². The van der Waals surface area contributed by atoms with Crippen molar-refractivity contribution in [3.63, 3.8) is 0 Å². The molecule has 2 nitrogen and oxygen atoms in total. The number of aromatic hydroxyl groups is 1. The topological polar surface area (TPSA) is 46.2 Å². The molecule has 0 spiro atoms. The van der Waals surface area contributed by atoms with Crippen LogP contribution in [-0.4, -0.2) is 5.11 Å². The molecule has 96 valence electrons. The predicted molar refractivity (Wildman–Crippen MR) is 74.0 cm³/mol. The Morgan fingerprint density at radius 3 is 2.65 bits per heavy atom. The predicted octanol–water partition coefficient (Wildman–Crippen LogP) is 3.27. The third-order valence-electron chi connectivity index (χ3n) is 3.60. The second-order valence-electron chi connectivity index (χ2n) is 4.68. The number of aryl methyl sites for hydroxylation is 2. The number of phenolic OH excluding ortho intramolecular Hbond substituents is 1. The number of hydrogen-bond acceptors (Lipinski definition) is 2. The molecule has 1 aliphatic carbocycles. The second-order valence-corrected chi connectivity index (χ2v) is 4.68. The molecule has 0 heterocycles. The van der Waals surface area contributed by atoms with Gasteiger partial charge in [0.1, 0.15) is 5.75 Å². The van der Waals surface area contributed by atoms with Gasteiger partial charge in [0.05, 0.1) is 0 Å². The summed E-state index contributed by atoms with van der Waals surface area (Å²) in [5.41, 5.74) is 10.9. The first kappa shape index (κ1) is 14.3. The van der Waals surface area contributed by atoms with Crippen molar-refractivity contribution in [3.8, 4) is 5.75 Å². The Bertz CT molecular complexity index is 404. The number of hydrogen-bond donors (Lipinski definition) is 2. The highest BCUT2D eigenvalue weighted by molar-refractivity contribution is 5.85. The van der Waals surface area contributed by atoms with E-state index in [4.69, 9.17) is 5.73 Å². The average Bonchev–Trinajstić information content (AvgIpc) is 2.65. The summed E-state index contributed by atoms with van der Waals surface area (Å²) in [5.74, 6) is 0.471. The third kappa shape index (κ3) is 2.43. The fourth-order valence-electron chi connectivity index (χ4n) is 2.77. The zero-order valence-corrected chi connectivity index (χ0v) is 11.4. The molecule has 1 aromatic rings. The maximum absolute atomic E-state index is 10.3. The molecule has 2 rings (SSSR count). The normalized spacial score (nSPS) is 17.7. The van der Waals surface area contributed by atoms with E-state index in [-0.39, 0.29) is 18.4 Å². The molecule has 0 radical (unpaired) electrons. The van der Waals surface area contributed by atoms with Gasteiger partial charge in [-0.3, -0.25) is 0 Å². The number of rotatable bonds is 3. The lowest BCUT2D eigenvalue weighted by Crippen LogP contribution is -2.07. The molecular formula is C14H22ClNO. The van der Waals surface area contributed by atoms with Crippen molar-refractivity contribution >= 4 is 12.4 Å². The monoisotopic (exact) mass is 255 g/mol. The van der Waals surface area contributed by atoms with Gasteiger partial charge in [0.25, 0.3) is 0 Å². The fourth-order valence-corrected chi connectivity index (χ4v) is 2.77. The molecule has 0 amide bonds. The summed E-state index contributed by atoms with van der Waals surface area (Å²) in [5, 5.41) is 10.3. The van der Waals surface area contributed by atoms with Crippen LogP contribution in [0, 0.1) is 0 Å². The summed E-state index contributed by atoms with van der Waals surface area (Å²) in [4.78, 5) is 0. The van der Waals surface area contributed by atoms with Gasteiger partial charge in [-0.25, -0.2) is 0 Å². The summed E-state index contributed by atoms with van der Waals surface area (Å²) in [6.45, 7) is 4.31. The van der Waals surface area contributed by atoms with Gasteiger partial charge in [0.2, 0.25) is 0 Å². The van der Waals surface area contributed by atoms with E-state index in [0.29, 0.717) is 5.75 Å². The molecule has 1 aromatic carbocycles. The van der Waals surface area contributed by atoms with Crippen LogP contribution in [0.4, 0.5) is 0 Å². The molecule has 0 aromatic heterocycles. The zero-order valence-electron chi connectivity index (χ0n) is 10.6. The Labute approximate surface area is 110 Å². The van der Waals surface area contributed by atoms with Gasteiger partial charge in [-0.1, -0.05) is 26.3 Å². The highest BCUT2D eigenvalue weighted by atomic mass is 35.5. The zero-order chi connectivity index (χ0) is 11.7. The van der Waals surface area contributed by atoms with Crippen LogP contribution in [0.3, 0.4) is 0 Å². The minimum atomic E-state index is 0. The van der Waals surface area contributed by atoms with Crippen molar-refractivity contribution in [2.45, 2.75) is 52.0 Å². The van der Waals surface area contributed by atoms with Crippen LogP contribution in [0.15, 0.2) is 6.07 Å². The molecule has 3 N–H and O–H groups in total. The van der Waals surface area contributed by atoms with Crippen LogP contribution in [0.2, 0.25) is 0 Å². The van der Waals surface area contributed by atoms with E-state index in [1.54, 1.807) is 0 Å². The standard InChI is InChI=1S/C14H21NO.ClH/c1-3-5-10-8-9(4-2)11-6-7-12(15)13(11)14(10)16;/h8,12,16H,3-7,15H2,1-2H3;1H. The van der Waals surface area contributed by atoms with Crippen molar-refractivity contribution in [2.75, 3.05) is 0 Å². The maximum Gasteiger partial charge on any atom is 0.123 e. The van der Waals surface area contributed by atoms with Gasteiger partial charge in [0, 0.05) is 11.6 Å². The van der Waals surface area contributed by atoms with Crippen LogP contribution in [0.1, 0.15) is 55.0 Å². The highest BCUT2D eigenvalue weighted by Gasteiger charge is 2.26. The molecular weight excluding hydrogens is 234 g/mol. The minimum Gasteiger partial charge on any atom is -0.507 e. The van der Waals surface area contributed by atoms with Crippen molar-refractivity contribution in [1.29, 1.82) is 0 Å². The maximum atomic E-state index is 10.3. The van der Waals surface area contributed by atoms with E-state index in [9.17, 15) is 5.11 Å². The smallest absolute Gasteiger partial charge is 0.123 e. The second kappa shape index (κ2) is 5.74. The van der Waals surface area contributed by atoms with Gasteiger partial charge >= 0.3 is 0 Å². The van der Waals surface area contributed by atoms with Crippen LogP contribution < -0.4 is 5.73 Å². The molecule has 1 atom stereocenters. The highest BCUT2D eigenvalue weighted by Crippen LogP contribution is 2.40. The summed E-state index contributed by atoms with van der Waals surface area (Å²) in [7, 11) is 0. The Morgan fingerprint density at radius 2 is 2.06 bits per heavy atom. The van der Waals surface area contributed by atoms with Gasteiger partial charge in [0.15, 0.2) is 0 Å². The number of fused-ring (bicyclic) bond motifs is 1. The van der Waals surface area contributed by atoms with Crippen molar-refractivity contribution < 1.29 is 5.11 Å². The van der Waals surface area contributed by atoms with Gasteiger partial charge in [-0.05, 0) is 42.4 Å². The average molecular weight is 256 g/mol. The molecule has 0 saturated heterocycles. The molecule has 1 unspecified atom stereocenters. The number of benzene rings is 1. The van der Waals surface area contributed by atoms with E-state index >= 15 is 0 Å². The molecule has 17 heavy (non-hydrogen) atoms.